The third-order valence-corrected chi connectivity index (χ3v) is 7.13. The molecule has 2 aromatic carbocycles. The lowest BCUT2D eigenvalue weighted by Crippen LogP contribution is -2.46. The van der Waals surface area contributed by atoms with Gasteiger partial charge in [-0.1, -0.05) is 17.3 Å². The molecular weight excluding hydrogens is 438 g/mol. The molecule has 1 atom stereocenters. The molecule has 0 saturated carbocycles. The van der Waals surface area contributed by atoms with Crippen LogP contribution in [0.15, 0.2) is 53.1 Å². The molecule has 8 nitrogen and oxygen atoms in total. The molecule has 2 aromatic heterocycles. The first-order valence-corrected chi connectivity index (χ1v) is 11.9. The lowest BCUT2D eigenvalue weighted by molar-refractivity contribution is 0.0904. The van der Waals surface area contributed by atoms with E-state index in [1.807, 2.05) is 30.3 Å². The molecule has 0 spiro atoms. The maximum atomic E-state index is 5.73. The Kier molecular flexibility index (Phi) is 6.52. The number of hydrogen-bond donors (Lipinski definition) is 0. The molecule has 0 aliphatic carbocycles. The van der Waals surface area contributed by atoms with Crippen LogP contribution in [-0.4, -0.2) is 58.2 Å². The van der Waals surface area contributed by atoms with Gasteiger partial charge >= 0.3 is 0 Å². The quantitative estimate of drug-likeness (QED) is 0.384. The first kappa shape index (κ1) is 21.8. The molecule has 0 bridgehead atoms. The van der Waals surface area contributed by atoms with Crippen LogP contribution in [0.25, 0.3) is 10.2 Å². The van der Waals surface area contributed by atoms with E-state index in [0.29, 0.717) is 24.3 Å². The number of benzene rings is 2. The molecule has 4 aromatic rings. The van der Waals surface area contributed by atoms with Gasteiger partial charge in [0.15, 0.2) is 6.61 Å². The number of thiazole rings is 1. The van der Waals surface area contributed by atoms with Crippen LogP contribution in [-0.2, 0) is 13.2 Å². The molecule has 1 saturated heterocycles. The number of hydrogen-bond acceptors (Lipinski definition) is 9. The summed E-state index contributed by atoms with van der Waals surface area (Å²) in [5.74, 6) is 2.69. The lowest BCUT2D eigenvalue weighted by atomic mass is 10.2. The van der Waals surface area contributed by atoms with Crippen molar-refractivity contribution in [1.29, 1.82) is 0 Å². The fraction of sp³-hybridized carbons (Fsp3) is 0.375. The molecule has 1 fully saturated rings. The minimum absolute atomic E-state index is 0.267. The number of nitrogens with zero attached hydrogens (tertiary/aromatic N) is 5. The SMILES string of the molecule is COc1ccc(OCc2noc(CN3CCN(C(C)c4nc5ccccc5s4)CC3)n2)cc1. The molecule has 172 valence electrons. The van der Waals surface area contributed by atoms with E-state index in [0.717, 1.165) is 43.2 Å². The van der Waals surface area contributed by atoms with Gasteiger partial charge in [-0.2, -0.15) is 4.98 Å². The zero-order valence-corrected chi connectivity index (χ0v) is 19.6. The Balaban J connectivity index is 1.10. The number of rotatable bonds is 8. The van der Waals surface area contributed by atoms with Gasteiger partial charge in [0.2, 0.25) is 11.7 Å². The predicted octanol–water partition coefficient (Wildman–Crippen LogP) is 4.15. The number of ether oxygens (including phenoxy) is 2. The van der Waals surface area contributed by atoms with E-state index in [4.69, 9.17) is 19.0 Å². The summed E-state index contributed by atoms with van der Waals surface area (Å²) in [5, 5.41) is 5.24. The van der Waals surface area contributed by atoms with Gasteiger partial charge in [0.25, 0.3) is 0 Å². The van der Waals surface area contributed by atoms with Crippen LogP contribution in [0.2, 0.25) is 0 Å². The summed E-state index contributed by atoms with van der Waals surface area (Å²) in [5.41, 5.74) is 1.09. The van der Waals surface area contributed by atoms with Crippen LogP contribution >= 0.6 is 11.3 Å². The molecule has 5 rings (SSSR count). The van der Waals surface area contributed by atoms with Crippen LogP contribution in [0.4, 0.5) is 0 Å². The Labute approximate surface area is 196 Å². The molecule has 3 heterocycles. The highest BCUT2D eigenvalue weighted by Gasteiger charge is 2.25. The molecule has 0 N–H and O–H groups in total. The first-order chi connectivity index (χ1) is 16.2. The van der Waals surface area contributed by atoms with Gasteiger partial charge < -0.3 is 14.0 Å². The second kappa shape index (κ2) is 9.86. The monoisotopic (exact) mass is 465 g/mol. The Morgan fingerprint density at radius 1 is 1.00 bits per heavy atom. The van der Waals surface area contributed by atoms with Gasteiger partial charge in [-0.05, 0) is 43.3 Å². The highest BCUT2D eigenvalue weighted by Crippen LogP contribution is 2.30. The summed E-state index contributed by atoms with van der Waals surface area (Å²) in [6.45, 7) is 7.05. The van der Waals surface area contributed by atoms with Crippen molar-refractivity contribution in [2.45, 2.75) is 26.1 Å². The van der Waals surface area contributed by atoms with Gasteiger partial charge in [-0.3, -0.25) is 9.80 Å². The van der Waals surface area contributed by atoms with E-state index in [2.05, 4.69) is 45.1 Å². The fourth-order valence-corrected chi connectivity index (χ4v) is 5.01. The summed E-state index contributed by atoms with van der Waals surface area (Å²) in [6, 6.07) is 16.1. The van der Waals surface area contributed by atoms with E-state index in [1.165, 1.54) is 9.71 Å². The van der Waals surface area contributed by atoms with E-state index >= 15 is 0 Å². The lowest BCUT2D eigenvalue weighted by Gasteiger charge is -2.36. The molecule has 1 aliphatic heterocycles. The molecular formula is C24H27N5O3S. The van der Waals surface area contributed by atoms with Gasteiger partial charge in [0.05, 0.1) is 29.9 Å². The minimum Gasteiger partial charge on any atom is -0.497 e. The third-order valence-electron chi connectivity index (χ3n) is 5.92. The Morgan fingerprint density at radius 3 is 2.52 bits per heavy atom. The highest BCUT2D eigenvalue weighted by atomic mass is 32.1. The van der Waals surface area contributed by atoms with E-state index in [9.17, 15) is 0 Å². The summed E-state index contributed by atoms with van der Waals surface area (Å²) in [7, 11) is 1.64. The van der Waals surface area contributed by atoms with E-state index in [-0.39, 0.29) is 6.61 Å². The van der Waals surface area contributed by atoms with E-state index in [1.54, 1.807) is 18.4 Å². The summed E-state index contributed by atoms with van der Waals surface area (Å²) in [6.07, 6.45) is 0. The normalized spacial score (nSPS) is 16.2. The summed E-state index contributed by atoms with van der Waals surface area (Å²) < 4.78 is 17.6. The molecule has 1 aliphatic rings. The number of piperazine rings is 1. The van der Waals surface area contributed by atoms with Crippen molar-refractivity contribution in [1.82, 2.24) is 24.9 Å². The van der Waals surface area contributed by atoms with Crippen molar-refractivity contribution in [3.63, 3.8) is 0 Å². The standard InChI is InChI=1S/C24H27N5O3S/c1-17(24-25-20-5-3-4-6-21(20)33-24)29-13-11-28(12-14-29)15-23-26-22(27-32-23)16-31-19-9-7-18(30-2)8-10-19/h3-10,17H,11-16H2,1-2H3. The summed E-state index contributed by atoms with van der Waals surface area (Å²) >= 11 is 1.79. The van der Waals surface area contributed by atoms with Crippen LogP contribution in [0, 0.1) is 0 Å². The van der Waals surface area contributed by atoms with Gasteiger partial charge in [-0.25, -0.2) is 4.98 Å². The van der Waals surface area contributed by atoms with Crippen molar-refractivity contribution in [3.05, 3.63) is 65.3 Å². The zero-order chi connectivity index (χ0) is 22.6. The number of para-hydroxylation sites is 1. The first-order valence-electron chi connectivity index (χ1n) is 11.1. The van der Waals surface area contributed by atoms with Crippen molar-refractivity contribution < 1.29 is 14.0 Å². The highest BCUT2D eigenvalue weighted by molar-refractivity contribution is 7.18. The Hall–Kier alpha value is -3.01. The number of fused-ring (bicyclic) bond motifs is 1. The molecule has 1 unspecified atom stereocenters. The van der Waals surface area contributed by atoms with E-state index < -0.39 is 0 Å². The number of aromatic nitrogens is 3. The van der Waals surface area contributed by atoms with Crippen LogP contribution in [0.1, 0.15) is 29.7 Å². The largest absolute Gasteiger partial charge is 0.497 e. The Bertz CT molecular complexity index is 1150. The fourth-order valence-electron chi connectivity index (χ4n) is 3.96. The molecule has 0 amide bonds. The predicted molar refractivity (Wildman–Crippen MR) is 127 cm³/mol. The second-order valence-electron chi connectivity index (χ2n) is 8.08. The molecule has 9 heteroatoms. The Morgan fingerprint density at radius 2 is 1.76 bits per heavy atom. The van der Waals surface area contributed by atoms with Gasteiger partial charge in [0, 0.05) is 26.2 Å². The third kappa shape index (κ3) is 5.16. The van der Waals surface area contributed by atoms with Crippen molar-refractivity contribution in [2.24, 2.45) is 0 Å². The van der Waals surface area contributed by atoms with Crippen molar-refractivity contribution >= 4 is 21.6 Å². The van der Waals surface area contributed by atoms with Gasteiger partial charge in [-0.15, -0.1) is 11.3 Å². The van der Waals surface area contributed by atoms with Gasteiger partial charge in [0.1, 0.15) is 16.5 Å². The maximum Gasteiger partial charge on any atom is 0.240 e. The van der Waals surface area contributed by atoms with Crippen molar-refractivity contribution in [2.75, 3.05) is 33.3 Å². The van der Waals surface area contributed by atoms with Crippen molar-refractivity contribution in [3.8, 4) is 11.5 Å². The van der Waals surface area contributed by atoms with Crippen LogP contribution in [0.3, 0.4) is 0 Å². The maximum absolute atomic E-state index is 5.73. The van der Waals surface area contributed by atoms with Crippen LogP contribution < -0.4 is 9.47 Å². The molecule has 0 radical (unpaired) electrons. The summed E-state index contributed by atoms with van der Waals surface area (Å²) in [4.78, 5) is 14.2. The average Bonchev–Trinajstić information content (AvgIpc) is 3.50. The number of methoxy groups -OCH3 is 1. The smallest absolute Gasteiger partial charge is 0.240 e. The second-order valence-corrected chi connectivity index (χ2v) is 9.14. The minimum atomic E-state index is 0.267. The average molecular weight is 466 g/mol. The van der Waals surface area contributed by atoms with Crippen LogP contribution in [0.5, 0.6) is 11.5 Å². The molecule has 33 heavy (non-hydrogen) atoms. The topological polar surface area (TPSA) is 76.8 Å². The zero-order valence-electron chi connectivity index (χ0n) is 18.8.